The van der Waals surface area contributed by atoms with Crippen LogP contribution >= 0.6 is 0 Å². The number of rotatable bonds is 6. The Morgan fingerprint density at radius 1 is 1.22 bits per heavy atom. The molecule has 6 heteroatoms. The van der Waals surface area contributed by atoms with Gasteiger partial charge in [-0.05, 0) is 19.3 Å². The van der Waals surface area contributed by atoms with Crippen LogP contribution in [0.4, 0.5) is 0 Å². The highest BCUT2D eigenvalue weighted by Gasteiger charge is 2.28. The van der Waals surface area contributed by atoms with E-state index in [-0.39, 0.29) is 6.04 Å². The van der Waals surface area contributed by atoms with Gasteiger partial charge >= 0.3 is 0 Å². The molecule has 27 heavy (non-hydrogen) atoms. The molecule has 0 saturated carbocycles. The van der Waals surface area contributed by atoms with E-state index in [4.69, 9.17) is 9.51 Å². The Bertz CT molecular complexity index is 883. The molecule has 2 atom stereocenters. The molecule has 1 fully saturated rings. The van der Waals surface area contributed by atoms with Crippen LogP contribution in [-0.2, 0) is 13.0 Å². The van der Waals surface area contributed by atoms with Gasteiger partial charge in [-0.2, -0.15) is 0 Å². The molecule has 1 aromatic carbocycles. The van der Waals surface area contributed by atoms with Gasteiger partial charge in [-0.25, -0.2) is 10.4 Å². The summed E-state index contributed by atoms with van der Waals surface area (Å²) in [5.41, 5.74) is 11.0. The number of aromatic nitrogens is 3. The second-order valence-corrected chi connectivity index (χ2v) is 7.83. The summed E-state index contributed by atoms with van der Waals surface area (Å²) in [5.74, 6) is 1.49. The Hall–Kier alpha value is -2.44. The van der Waals surface area contributed by atoms with E-state index in [1.54, 1.807) is 0 Å². The molecular weight excluding hydrogens is 338 g/mol. The maximum atomic E-state index is 5.51. The first-order valence-corrected chi connectivity index (χ1v) is 9.66. The molecular formula is C21H27N5O. The van der Waals surface area contributed by atoms with Crippen molar-refractivity contribution in [3.8, 4) is 11.3 Å². The van der Waals surface area contributed by atoms with E-state index < -0.39 is 0 Å². The molecule has 142 valence electrons. The molecule has 0 bridgehead atoms. The number of nitrogens with zero attached hydrogens (tertiary/aromatic N) is 3. The Kier molecular flexibility index (Phi) is 5.09. The predicted molar refractivity (Wildman–Crippen MR) is 105 cm³/mol. The molecule has 2 N–H and O–H groups in total. The van der Waals surface area contributed by atoms with Crippen molar-refractivity contribution < 1.29 is 4.52 Å². The van der Waals surface area contributed by atoms with Gasteiger partial charge < -0.3 is 9.09 Å². The highest BCUT2D eigenvalue weighted by atomic mass is 16.5. The van der Waals surface area contributed by atoms with Gasteiger partial charge in [0.1, 0.15) is 11.5 Å². The Morgan fingerprint density at radius 2 is 2.04 bits per heavy atom. The first kappa shape index (κ1) is 17.9. The summed E-state index contributed by atoms with van der Waals surface area (Å²) in [6, 6.07) is 13.1. The third kappa shape index (κ3) is 3.96. The molecule has 0 amide bonds. The molecule has 2 unspecified atom stereocenters. The average Bonchev–Trinajstić information content (AvgIpc) is 3.36. The van der Waals surface area contributed by atoms with Crippen molar-refractivity contribution in [2.24, 2.45) is 5.92 Å². The second kappa shape index (κ2) is 7.66. The summed E-state index contributed by atoms with van der Waals surface area (Å²) in [6.45, 7) is 7.21. The van der Waals surface area contributed by atoms with Crippen molar-refractivity contribution in [1.82, 2.24) is 25.6 Å². The SMILES string of the molecule is CC(C)Cc1cc(Cn2cnc(-c3ccccc3)c2C2CC(C)NN2)no1. The zero-order valence-electron chi connectivity index (χ0n) is 16.1. The van der Waals surface area contributed by atoms with Crippen LogP contribution in [0.5, 0.6) is 0 Å². The van der Waals surface area contributed by atoms with Crippen LogP contribution in [0.1, 0.15) is 50.4 Å². The molecule has 3 heterocycles. The molecule has 1 aliphatic rings. The third-order valence-electron chi connectivity index (χ3n) is 4.90. The van der Waals surface area contributed by atoms with E-state index in [2.05, 4.69) is 71.7 Å². The number of nitrogens with one attached hydrogen (secondary N) is 2. The Labute approximate surface area is 159 Å². The fourth-order valence-corrected chi connectivity index (χ4v) is 3.70. The van der Waals surface area contributed by atoms with Gasteiger partial charge in [0.25, 0.3) is 0 Å². The lowest BCUT2D eigenvalue weighted by Crippen LogP contribution is -2.29. The molecule has 3 aromatic rings. The van der Waals surface area contributed by atoms with Crippen LogP contribution in [0.25, 0.3) is 11.3 Å². The third-order valence-corrected chi connectivity index (χ3v) is 4.90. The van der Waals surface area contributed by atoms with Crippen LogP contribution in [0, 0.1) is 5.92 Å². The minimum atomic E-state index is 0.208. The summed E-state index contributed by atoms with van der Waals surface area (Å²) in [7, 11) is 0. The lowest BCUT2D eigenvalue weighted by molar-refractivity contribution is 0.362. The molecule has 0 radical (unpaired) electrons. The smallest absolute Gasteiger partial charge is 0.137 e. The van der Waals surface area contributed by atoms with Crippen molar-refractivity contribution in [3.05, 3.63) is 59.9 Å². The monoisotopic (exact) mass is 365 g/mol. The van der Waals surface area contributed by atoms with Crippen LogP contribution in [-0.4, -0.2) is 20.7 Å². The fraction of sp³-hybridized carbons (Fsp3) is 0.429. The maximum absolute atomic E-state index is 5.51. The van der Waals surface area contributed by atoms with Gasteiger partial charge in [0.2, 0.25) is 0 Å². The lowest BCUT2D eigenvalue weighted by Gasteiger charge is -2.15. The second-order valence-electron chi connectivity index (χ2n) is 7.83. The number of imidazole rings is 1. The summed E-state index contributed by atoms with van der Waals surface area (Å²) in [5, 5.41) is 4.27. The van der Waals surface area contributed by atoms with Crippen molar-refractivity contribution in [2.45, 2.75) is 52.2 Å². The average molecular weight is 365 g/mol. The number of hydrogen-bond donors (Lipinski definition) is 2. The Morgan fingerprint density at radius 3 is 2.74 bits per heavy atom. The summed E-state index contributed by atoms with van der Waals surface area (Å²) < 4.78 is 7.70. The van der Waals surface area contributed by atoms with Crippen molar-refractivity contribution >= 4 is 0 Å². The van der Waals surface area contributed by atoms with E-state index in [0.717, 1.165) is 35.6 Å². The van der Waals surface area contributed by atoms with Gasteiger partial charge in [0, 0.05) is 24.1 Å². The van der Waals surface area contributed by atoms with Crippen LogP contribution < -0.4 is 10.9 Å². The molecule has 1 aliphatic heterocycles. The highest BCUT2D eigenvalue weighted by Crippen LogP contribution is 2.31. The molecule has 2 aromatic heterocycles. The molecule has 4 rings (SSSR count). The molecule has 1 saturated heterocycles. The van der Waals surface area contributed by atoms with E-state index in [9.17, 15) is 0 Å². The quantitative estimate of drug-likeness (QED) is 0.697. The van der Waals surface area contributed by atoms with Crippen LogP contribution in [0.2, 0.25) is 0 Å². The number of benzene rings is 1. The minimum Gasteiger partial charge on any atom is -0.361 e. The zero-order valence-corrected chi connectivity index (χ0v) is 16.1. The normalized spacial score (nSPS) is 19.9. The maximum Gasteiger partial charge on any atom is 0.137 e. The van der Waals surface area contributed by atoms with Crippen molar-refractivity contribution in [3.63, 3.8) is 0 Å². The molecule has 0 aliphatic carbocycles. The van der Waals surface area contributed by atoms with Gasteiger partial charge in [-0.15, -0.1) is 0 Å². The van der Waals surface area contributed by atoms with E-state index in [1.807, 2.05) is 12.4 Å². The predicted octanol–water partition coefficient (Wildman–Crippen LogP) is 3.71. The standard InChI is InChI=1S/C21H27N5O/c1-14(2)9-18-11-17(25-27-18)12-26-13-22-20(16-7-5-4-6-8-16)21(26)19-10-15(3)23-24-19/h4-8,11,13-15,19,23-24H,9-10,12H2,1-3H3. The zero-order chi connectivity index (χ0) is 18.8. The molecule has 6 nitrogen and oxygen atoms in total. The van der Waals surface area contributed by atoms with Crippen LogP contribution in [0.3, 0.4) is 0 Å². The molecule has 0 spiro atoms. The highest BCUT2D eigenvalue weighted by molar-refractivity contribution is 5.62. The van der Waals surface area contributed by atoms with Gasteiger partial charge in [-0.3, -0.25) is 5.43 Å². The summed E-state index contributed by atoms with van der Waals surface area (Å²) in [6.07, 6.45) is 3.84. The summed E-state index contributed by atoms with van der Waals surface area (Å²) >= 11 is 0. The number of hydrogen-bond acceptors (Lipinski definition) is 5. The first-order chi connectivity index (χ1) is 13.1. The van der Waals surface area contributed by atoms with Gasteiger partial charge in [0.15, 0.2) is 0 Å². The topological polar surface area (TPSA) is 67.9 Å². The fourth-order valence-electron chi connectivity index (χ4n) is 3.70. The number of hydrazine groups is 1. The Balaban J connectivity index is 1.66. The van der Waals surface area contributed by atoms with Gasteiger partial charge in [-0.1, -0.05) is 49.3 Å². The largest absolute Gasteiger partial charge is 0.361 e. The van der Waals surface area contributed by atoms with E-state index >= 15 is 0 Å². The summed E-state index contributed by atoms with van der Waals surface area (Å²) in [4.78, 5) is 4.74. The van der Waals surface area contributed by atoms with E-state index in [0.29, 0.717) is 18.5 Å². The van der Waals surface area contributed by atoms with Crippen molar-refractivity contribution in [2.75, 3.05) is 0 Å². The first-order valence-electron chi connectivity index (χ1n) is 9.66. The van der Waals surface area contributed by atoms with Crippen molar-refractivity contribution in [1.29, 1.82) is 0 Å². The minimum absolute atomic E-state index is 0.208. The lowest BCUT2D eigenvalue weighted by atomic mass is 10.0. The van der Waals surface area contributed by atoms with E-state index in [1.165, 1.54) is 5.69 Å². The van der Waals surface area contributed by atoms with Crippen LogP contribution in [0.15, 0.2) is 47.2 Å². The van der Waals surface area contributed by atoms with Gasteiger partial charge in [0.05, 0.1) is 30.3 Å².